The monoisotopic (exact) mass is 409 g/mol. The summed E-state index contributed by atoms with van der Waals surface area (Å²) >= 11 is 0. The van der Waals surface area contributed by atoms with Crippen molar-refractivity contribution in [3.05, 3.63) is 59.3 Å². The van der Waals surface area contributed by atoms with Crippen molar-refractivity contribution in [3.8, 4) is 5.88 Å². The highest BCUT2D eigenvalue weighted by molar-refractivity contribution is 5.97. The molecule has 1 heterocycles. The first-order chi connectivity index (χ1) is 14.4. The topological polar surface area (TPSA) is 80.3 Å². The molecule has 2 aromatic rings. The lowest BCUT2D eigenvalue weighted by molar-refractivity contribution is -0.124. The number of nitrogens with one attached hydrogen (secondary N) is 2. The van der Waals surface area contributed by atoms with E-state index in [1.165, 1.54) is 12.8 Å². The van der Waals surface area contributed by atoms with Crippen LogP contribution in [0.3, 0.4) is 0 Å². The summed E-state index contributed by atoms with van der Waals surface area (Å²) in [7, 11) is 0. The molecule has 1 aromatic heterocycles. The van der Waals surface area contributed by atoms with E-state index in [1.807, 2.05) is 51.1 Å². The van der Waals surface area contributed by atoms with E-state index in [4.69, 9.17) is 4.74 Å². The van der Waals surface area contributed by atoms with Gasteiger partial charge in [-0.15, -0.1) is 0 Å². The van der Waals surface area contributed by atoms with Crippen molar-refractivity contribution < 1.29 is 14.3 Å². The molecule has 3 rings (SSSR count). The van der Waals surface area contributed by atoms with Crippen LogP contribution in [0, 0.1) is 12.8 Å². The molecule has 0 bridgehead atoms. The Bertz CT molecular complexity index is 876. The Morgan fingerprint density at radius 1 is 1.17 bits per heavy atom. The van der Waals surface area contributed by atoms with Crippen LogP contribution < -0.4 is 15.4 Å². The Morgan fingerprint density at radius 2 is 1.93 bits per heavy atom. The van der Waals surface area contributed by atoms with Gasteiger partial charge in [0.2, 0.25) is 11.8 Å². The highest BCUT2D eigenvalue weighted by Gasteiger charge is 2.24. The number of aromatic nitrogens is 1. The Labute approximate surface area is 178 Å². The molecule has 0 radical (unpaired) electrons. The second-order valence-electron chi connectivity index (χ2n) is 8.31. The van der Waals surface area contributed by atoms with Crippen molar-refractivity contribution in [1.82, 2.24) is 15.6 Å². The van der Waals surface area contributed by atoms with Crippen LogP contribution in [-0.2, 0) is 11.3 Å². The van der Waals surface area contributed by atoms with Crippen LogP contribution in [-0.4, -0.2) is 28.9 Å². The third kappa shape index (κ3) is 6.05. The Hall–Kier alpha value is -2.89. The van der Waals surface area contributed by atoms with Gasteiger partial charge in [-0.25, -0.2) is 4.98 Å². The van der Waals surface area contributed by atoms with Gasteiger partial charge in [-0.1, -0.05) is 31.5 Å². The molecular formula is C24H31N3O3. The lowest BCUT2D eigenvalue weighted by Crippen LogP contribution is -2.49. The van der Waals surface area contributed by atoms with Crippen LogP contribution in [0.4, 0.5) is 0 Å². The molecule has 1 atom stereocenters. The normalized spacial score (nSPS) is 15.1. The van der Waals surface area contributed by atoms with E-state index in [2.05, 4.69) is 15.6 Å². The number of benzene rings is 1. The maximum atomic E-state index is 12.8. The van der Waals surface area contributed by atoms with Crippen LogP contribution in [0.25, 0.3) is 0 Å². The van der Waals surface area contributed by atoms with E-state index in [0.717, 1.165) is 24.0 Å². The van der Waals surface area contributed by atoms with Gasteiger partial charge < -0.3 is 15.4 Å². The molecule has 1 aromatic carbocycles. The molecule has 2 N–H and O–H groups in total. The number of amides is 2. The molecule has 2 amide bonds. The summed E-state index contributed by atoms with van der Waals surface area (Å²) in [6.45, 7) is 6.12. The first kappa shape index (κ1) is 21.8. The fraction of sp³-hybridized carbons (Fsp3) is 0.458. The van der Waals surface area contributed by atoms with Crippen LogP contribution >= 0.6 is 0 Å². The van der Waals surface area contributed by atoms with Crippen molar-refractivity contribution in [3.63, 3.8) is 0 Å². The fourth-order valence-electron chi connectivity index (χ4n) is 3.65. The van der Waals surface area contributed by atoms with Crippen LogP contribution in [0.5, 0.6) is 5.88 Å². The average molecular weight is 410 g/mol. The van der Waals surface area contributed by atoms with Crippen LogP contribution in [0.1, 0.15) is 61.0 Å². The third-order valence-electron chi connectivity index (χ3n) is 5.37. The smallest absolute Gasteiger partial charge is 0.251 e. The molecule has 0 spiro atoms. The van der Waals surface area contributed by atoms with Gasteiger partial charge in [0.25, 0.3) is 5.91 Å². The van der Waals surface area contributed by atoms with Crippen LogP contribution in [0.15, 0.2) is 42.6 Å². The second kappa shape index (κ2) is 10.2. The third-order valence-corrected chi connectivity index (χ3v) is 5.37. The molecule has 1 fully saturated rings. The summed E-state index contributed by atoms with van der Waals surface area (Å²) in [5, 5.41) is 5.80. The second-order valence-corrected chi connectivity index (χ2v) is 8.31. The van der Waals surface area contributed by atoms with Gasteiger partial charge in [-0.3, -0.25) is 9.59 Å². The Kier molecular flexibility index (Phi) is 7.44. The summed E-state index contributed by atoms with van der Waals surface area (Å²) in [4.78, 5) is 29.6. The van der Waals surface area contributed by atoms with Gasteiger partial charge in [-0.05, 0) is 62.3 Å². The first-order valence-corrected chi connectivity index (χ1v) is 10.7. The maximum absolute atomic E-state index is 12.8. The number of rotatable bonds is 8. The van der Waals surface area contributed by atoms with Gasteiger partial charge in [0.15, 0.2) is 0 Å². The minimum atomic E-state index is -0.617. The summed E-state index contributed by atoms with van der Waals surface area (Å²) in [5.74, 6) is 0.101. The van der Waals surface area contributed by atoms with Gasteiger partial charge in [0, 0.05) is 24.4 Å². The van der Waals surface area contributed by atoms with Crippen molar-refractivity contribution >= 4 is 11.8 Å². The van der Waals surface area contributed by atoms with Gasteiger partial charge in [-0.2, -0.15) is 0 Å². The summed E-state index contributed by atoms with van der Waals surface area (Å²) in [6, 6.07) is 10.4. The number of aryl methyl sites for hydroxylation is 1. The van der Waals surface area contributed by atoms with Crippen molar-refractivity contribution in [2.45, 2.75) is 65.1 Å². The van der Waals surface area contributed by atoms with Gasteiger partial charge >= 0.3 is 0 Å². The SMILES string of the molecule is Cc1cccc(C(=O)NC(C(=O)NCc2ccnc(OC3CCCC3)c2)C(C)C)c1. The zero-order valence-electron chi connectivity index (χ0n) is 18.0. The molecule has 6 nitrogen and oxygen atoms in total. The Balaban J connectivity index is 1.58. The first-order valence-electron chi connectivity index (χ1n) is 10.7. The van der Waals surface area contributed by atoms with Gasteiger partial charge in [0.05, 0.1) is 0 Å². The zero-order valence-corrected chi connectivity index (χ0v) is 18.0. The van der Waals surface area contributed by atoms with E-state index in [9.17, 15) is 9.59 Å². The van der Waals surface area contributed by atoms with Crippen molar-refractivity contribution in [1.29, 1.82) is 0 Å². The minimum absolute atomic E-state index is 0.0440. The predicted octanol–water partition coefficient (Wildman–Crippen LogP) is 3.78. The molecule has 1 aliphatic rings. The summed E-state index contributed by atoms with van der Waals surface area (Å²) in [6.07, 6.45) is 6.48. The largest absolute Gasteiger partial charge is 0.474 e. The predicted molar refractivity (Wildman–Crippen MR) is 116 cm³/mol. The molecular weight excluding hydrogens is 378 g/mol. The molecule has 1 aliphatic carbocycles. The average Bonchev–Trinajstić information content (AvgIpc) is 3.23. The van der Waals surface area contributed by atoms with Gasteiger partial charge in [0.1, 0.15) is 12.1 Å². The van der Waals surface area contributed by atoms with E-state index >= 15 is 0 Å². The summed E-state index contributed by atoms with van der Waals surface area (Å²) < 4.78 is 5.94. The fourth-order valence-corrected chi connectivity index (χ4v) is 3.65. The molecule has 1 unspecified atom stereocenters. The zero-order chi connectivity index (χ0) is 21.5. The molecule has 1 saturated carbocycles. The molecule has 0 aliphatic heterocycles. The van der Waals surface area contributed by atoms with E-state index in [-0.39, 0.29) is 23.8 Å². The van der Waals surface area contributed by atoms with E-state index in [0.29, 0.717) is 18.0 Å². The highest BCUT2D eigenvalue weighted by atomic mass is 16.5. The maximum Gasteiger partial charge on any atom is 0.251 e. The number of hydrogen-bond acceptors (Lipinski definition) is 4. The Morgan fingerprint density at radius 3 is 2.63 bits per heavy atom. The van der Waals surface area contributed by atoms with E-state index < -0.39 is 6.04 Å². The summed E-state index contributed by atoms with van der Waals surface area (Å²) in [5.41, 5.74) is 2.47. The molecule has 160 valence electrons. The van der Waals surface area contributed by atoms with Crippen molar-refractivity contribution in [2.24, 2.45) is 5.92 Å². The molecule has 30 heavy (non-hydrogen) atoms. The van der Waals surface area contributed by atoms with Crippen LogP contribution in [0.2, 0.25) is 0 Å². The number of pyridine rings is 1. The number of ether oxygens (including phenoxy) is 1. The number of hydrogen-bond donors (Lipinski definition) is 2. The van der Waals surface area contributed by atoms with Crippen molar-refractivity contribution in [2.75, 3.05) is 0 Å². The number of carbonyl (C=O) groups excluding carboxylic acids is 2. The lowest BCUT2D eigenvalue weighted by atomic mass is 10.0. The highest BCUT2D eigenvalue weighted by Crippen LogP contribution is 2.23. The quantitative estimate of drug-likeness (QED) is 0.695. The lowest BCUT2D eigenvalue weighted by Gasteiger charge is -2.22. The molecule has 6 heteroatoms. The minimum Gasteiger partial charge on any atom is -0.474 e. The molecule has 0 saturated heterocycles. The number of carbonyl (C=O) groups is 2. The number of nitrogens with zero attached hydrogens (tertiary/aromatic N) is 1. The standard InChI is InChI=1S/C24H31N3O3/c1-16(2)22(27-23(28)19-8-6-7-17(3)13-19)24(29)26-15-18-11-12-25-21(14-18)30-20-9-4-5-10-20/h6-8,11-14,16,20,22H,4-5,9-10,15H2,1-3H3,(H,26,29)(H,27,28). The van der Waals surface area contributed by atoms with E-state index in [1.54, 1.807) is 12.3 Å².